The predicted octanol–water partition coefficient (Wildman–Crippen LogP) is 1.88. The Labute approximate surface area is 60.4 Å². The highest BCUT2D eigenvalue weighted by Crippen LogP contribution is 2.47. The van der Waals surface area contributed by atoms with Gasteiger partial charge in [0.1, 0.15) is 5.75 Å². The Morgan fingerprint density at radius 1 is 1.40 bits per heavy atom. The Hall–Kier alpha value is -0.590. The number of para-hydroxylation sites is 1. The van der Waals surface area contributed by atoms with E-state index in [0.29, 0.717) is 6.16 Å². The van der Waals surface area contributed by atoms with Gasteiger partial charge in [-0.1, -0.05) is 18.2 Å². The van der Waals surface area contributed by atoms with Crippen LogP contribution in [0.2, 0.25) is 0 Å². The molecule has 0 radical (unpaired) electrons. The third-order valence-corrected chi connectivity index (χ3v) is 2.50. The van der Waals surface area contributed by atoms with Gasteiger partial charge in [0, 0.05) is 5.56 Å². The van der Waals surface area contributed by atoms with Gasteiger partial charge in [-0.15, -0.1) is 0 Å². The second-order valence-electron chi connectivity index (χ2n) is 2.21. The molecule has 0 aliphatic carbocycles. The topological polar surface area (TPSA) is 29.5 Å². The molecule has 0 saturated heterocycles. The number of hydrogen-bond acceptors (Lipinski definition) is 2. The van der Waals surface area contributed by atoms with E-state index in [-0.39, 0.29) is 0 Å². The van der Waals surface area contributed by atoms with Crippen molar-refractivity contribution in [3.63, 3.8) is 0 Å². The molecule has 3 heteroatoms. The Balaban J connectivity index is 2.42. The first-order valence-electron chi connectivity index (χ1n) is 3.08. The van der Waals surface area contributed by atoms with Crippen LogP contribution in [-0.2, 0) is 6.16 Å². The molecule has 0 aromatic heterocycles. The number of rotatable bonds is 0. The minimum absolute atomic E-state index is 0.686. The molecular weight excluding hydrogens is 147 g/mol. The quantitative estimate of drug-likeness (QED) is 0.578. The molecule has 2 nitrogen and oxygen atoms in total. The van der Waals surface area contributed by atoms with Crippen LogP contribution in [0.4, 0.5) is 0 Å². The summed E-state index contributed by atoms with van der Waals surface area (Å²) in [6.07, 6.45) is 0.686. The molecule has 52 valence electrons. The fourth-order valence-corrected chi connectivity index (χ4v) is 2.04. The van der Waals surface area contributed by atoms with Gasteiger partial charge in [0.15, 0.2) is 0 Å². The molecule has 0 bridgehead atoms. The van der Waals surface area contributed by atoms with Crippen molar-refractivity contribution in [3.05, 3.63) is 29.8 Å². The molecule has 2 rings (SSSR count). The molecule has 1 unspecified atom stereocenters. The van der Waals surface area contributed by atoms with E-state index in [1.165, 1.54) is 0 Å². The van der Waals surface area contributed by atoms with Gasteiger partial charge in [0.25, 0.3) is 0 Å². The summed E-state index contributed by atoms with van der Waals surface area (Å²) in [4.78, 5) is 9.09. The van der Waals surface area contributed by atoms with Crippen molar-refractivity contribution in [1.82, 2.24) is 0 Å². The van der Waals surface area contributed by atoms with E-state index in [2.05, 4.69) is 0 Å². The minimum Gasteiger partial charge on any atom is -0.447 e. The van der Waals surface area contributed by atoms with Crippen LogP contribution in [0.25, 0.3) is 0 Å². The minimum atomic E-state index is -1.19. The van der Waals surface area contributed by atoms with Crippen LogP contribution in [0, 0.1) is 0 Å². The third-order valence-electron chi connectivity index (χ3n) is 1.48. The molecule has 1 heterocycles. The van der Waals surface area contributed by atoms with E-state index in [4.69, 9.17) is 9.42 Å². The van der Waals surface area contributed by atoms with Crippen LogP contribution in [0.15, 0.2) is 24.3 Å². The van der Waals surface area contributed by atoms with Crippen molar-refractivity contribution >= 4 is 8.38 Å². The van der Waals surface area contributed by atoms with E-state index in [0.717, 1.165) is 11.3 Å². The smallest absolute Gasteiger partial charge is 0.232 e. The summed E-state index contributed by atoms with van der Waals surface area (Å²) < 4.78 is 5.13. The van der Waals surface area contributed by atoms with Crippen molar-refractivity contribution in [2.24, 2.45) is 0 Å². The van der Waals surface area contributed by atoms with Gasteiger partial charge in [-0.2, -0.15) is 0 Å². The lowest BCUT2D eigenvalue weighted by atomic mass is 10.2. The highest BCUT2D eigenvalue weighted by atomic mass is 31.2. The van der Waals surface area contributed by atoms with Gasteiger partial charge in [-0.05, 0) is 6.07 Å². The Kier molecular flexibility index (Phi) is 1.37. The molecule has 0 amide bonds. The molecule has 0 fully saturated rings. The lowest BCUT2D eigenvalue weighted by Gasteiger charge is -1.97. The second kappa shape index (κ2) is 2.22. The summed E-state index contributed by atoms with van der Waals surface area (Å²) in [6, 6.07) is 7.73. The van der Waals surface area contributed by atoms with Gasteiger partial charge in [-0.25, -0.2) is 0 Å². The maximum absolute atomic E-state index is 9.09. The summed E-state index contributed by atoms with van der Waals surface area (Å²) in [5.74, 6) is 0.844. The van der Waals surface area contributed by atoms with Crippen molar-refractivity contribution in [2.75, 3.05) is 0 Å². The predicted molar refractivity (Wildman–Crippen MR) is 39.9 cm³/mol. The molecule has 1 aliphatic heterocycles. The molecule has 1 atom stereocenters. The Morgan fingerprint density at radius 2 is 2.20 bits per heavy atom. The van der Waals surface area contributed by atoms with E-state index >= 15 is 0 Å². The van der Waals surface area contributed by atoms with Crippen molar-refractivity contribution in [2.45, 2.75) is 6.16 Å². The monoisotopic (exact) mass is 154 g/mol. The third kappa shape index (κ3) is 0.898. The first-order chi connectivity index (χ1) is 4.86. The highest BCUT2D eigenvalue weighted by Gasteiger charge is 2.19. The average molecular weight is 154 g/mol. The maximum atomic E-state index is 9.09. The maximum Gasteiger partial charge on any atom is 0.232 e. The molecular formula is C7H7O2P. The number of hydrogen-bond donors (Lipinski definition) is 1. The van der Waals surface area contributed by atoms with Crippen molar-refractivity contribution in [1.29, 1.82) is 0 Å². The van der Waals surface area contributed by atoms with E-state index in [1.807, 2.05) is 24.3 Å². The lowest BCUT2D eigenvalue weighted by molar-refractivity contribution is 0.502. The number of benzene rings is 1. The van der Waals surface area contributed by atoms with Crippen LogP contribution in [0.3, 0.4) is 0 Å². The summed E-state index contributed by atoms with van der Waals surface area (Å²) >= 11 is 0. The van der Waals surface area contributed by atoms with Gasteiger partial charge < -0.3 is 9.42 Å². The largest absolute Gasteiger partial charge is 0.447 e. The second-order valence-corrected chi connectivity index (χ2v) is 3.41. The van der Waals surface area contributed by atoms with Gasteiger partial charge >= 0.3 is 0 Å². The van der Waals surface area contributed by atoms with Gasteiger partial charge in [0.2, 0.25) is 8.38 Å². The number of fused-ring (bicyclic) bond motifs is 1. The van der Waals surface area contributed by atoms with Gasteiger partial charge in [-0.3, -0.25) is 0 Å². The summed E-state index contributed by atoms with van der Waals surface area (Å²) in [7, 11) is -1.19. The summed E-state index contributed by atoms with van der Waals surface area (Å²) in [5, 5.41) is 0. The van der Waals surface area contributed by atoms with Crippen LogP contribution < -0.4 is 4.52 Å². The Morgan fingerprint density at radius 3 is 3.00 bits per heavy atom. The molecule has 0 spiro atoms. The summed E-state index contributed by atoms with van der Waals surface area (Å²) in [5.41, 5.74) is 1.12. The fraction of sp³-hybridized carbons (Fsp3) is 0.143. The molecule has 1 aromatic carbocycles. The normalized spacial score (nSPS) is 21.9. The first kappa shape index (κ1) is 6.14. The fourth-order valence-electron chi connectivity index (χ4n) is 1.02. The molecule has 1 N–H and O–H groups in total. The van der Waals surface area contributed by atoms with Crippen LogP contribution >= 0.6 is 8.38 Å². The molecule has 1 aromatic rings. The Bertz CT molecular complexity index is 224. The van der Waals surface area contributed by atoms with Crippen LogP contribution in [-0.4, -0.2) is 4.89 Å². The van der Waals surface area contributed by atoms with E-state index in [9.17, 15) is 0 Å². The standard InChI is InChI=1S/C7H7O2P/c8-10-5-6-3-1-2-4-7(6)9-10/h1-4,8H,5H2. The van der Waals surface area contributed by atoms with Gasteiger partial charge in [0.05, 0.1) is 6.16 Å². The zero-order chi connectivity index (χ0) is 6.97. The zero-order valence-corrected chi connectivity index (χ0v) is 6.21. The SMILES string of the molecule is OP1Cc2ccccc2O1. The van der Waals surface area contributed by atoms with Crippen molar-refractivity contribution in [3.8, 4) is 5.75 Å². The van der Waals surface area contributed by atoms with Crippen LogP contribution in [0.1, 0.15) is 5.56 Å². The zero-order valence-electron chi connectivity index (χ0n) is 5.32. The van der Waals surface area contributed by atoms with Crippen LogP contribution in [0.5, 0.6) is 5.75 Å². The molecule has 1 aliphatic rings. The summed E-state index contributed by atoms with van der Waals surface area (Å²) in [6.45, 7) is 0. The molecule has 10 heavy (non-hydrogen) atoms. The van der Waals surface area contributed by atoms with E-state index < -0.39 is 8.38 Å². The average Bonchev–Trinajstić information content (AvgIpc) is 2.27. The van der Waals surface area contributed by atoms with Crippen molar-refractivity contribution < 1.29 is 9.42 Å². The van der Waals surface area contributed by atoms with E-state index in [1.54, 1.807) is 0 Å². The highest BCUT2D eigenvalue weighted by molar-refractivity contribution is 7.46. The first-order valence-corrected chi connectivity index (χ1v) is 4.48. The lowest BCUT2D eigenvalue weighted by Crippen LogP contribution is -1.74. The molecule has 0 saturated carbocycles.